The minimum Gasteiger partial charge on any atom is -0.423 e. The summed E-state index contributed by atoms with van der Waals surface area (Å²) < 4.78 is 22.4. The van der Waals surface area contributed by atoms with E-state index in [1.54, 1.807) is 76.2 Å². The highest BCUT2D eigenvalue weighted by molar-refractivity contribution is 5.97. The van der Waals surface area contributed by atoms with Crippen LogP contribution >= 0.6 is 0 Å². The lowest BCUT2D eigenvalue weighted by molar-refractivity contribution is -0.131. The van der Waals surface area contributed by atoms with Crippen LogP contribution in [0.2, 0.25) is 0 Å². The van der Waals surface area contributed by atoms with E-state index in [0.717, 1.165) is 0 Å². The van der Waals surface area contributed by atoms with Crippen molar-refractivity contribution in [3.63, 3.8) is 0 Å². The summed E-state index contributed by atoms with van der Waals surface area (Å²) in [5.41, 5.74) is 3.93. The highest BCUT2D eigenvalue weighted by Crippen LogP contribution is 2.49. The van der Waals surface area contributed by atoms with E-state index in [0.29, 0.717) is 33.4 Å². The van der Waals surface area contributed by atoms with Gasteiger partial charge in [-0.15, -0.1) is 0 Å². The number of benzene rings is 3. The van der Waals surface area contributed by atoms with Gasteiger partial charge < -0.3 is 18.9 Å². The molecule has 0 fully saturated rings. The molecule has 0 radical (unpaired) electrons. The van der Waals surface area contributed by atoms with Gasteiger partial charge in [0, 0.05) is 44.5 Å². The van der Waals surface area contributed by atoms with Gasteiger partial charge in [-0.1, -0.05) is 50.6 Å². The molecule has 8 heteroatoms. The van der Waals surface area contributed by atoms with Gasteiger partial charge in [0.25, 0.3) is 0 Å². The van der Waals surface area contributed by atoms with Crippen LogP contribution in [0.15, 0.2) is 97.1 Å². The van der Waals surface area contributed by atoms with Crippen LogP contribution in [0.1, 0.15) is 38.8 Å². The molecule has 3 aromatic rings. The lowest BCUT2D eigenvalue weighted by Crippen LogP contribution is -2.14. The highest BCUT2D eigenvalue weighted by atomic mass is 16.5. The average molecular weight is 595 g/mol. The second-order valence-corrected chi connectivity index (χ2v) is 10.4. The van der Waals surface area contributed by atoms with Gasteiger partial charge in [-0.3, -0.25) is 0 Å². The molecule has 226 valence electrons. The summed E-state index contributed by atoms with van der Waals surface area (Å²) >= 11 is 0. The summed E-state index contributed by atoms with van der Waals surface area (Å²) in [5, 5.41) is 0. The Labute approximate surface area is 256 Å². The van der Waals surface area contributed by atoms with Crippen LogP contribution in [0, 0.1) is 13.8 Å². The maximum atomic E-state index is 12.9. The fourth-order valence-corrected chi connectivity index (χ4v) is 4.02. The zero-order chi connectivity index (χ0) is 32.9. The molecule has 0 N–H and O–H groups in total. The Hall–Kier alpha value is -5.50. The fraction of sp³-hybridized carbons (Fsp3) is 0.167. The standard InChI is InChI=1S/C36H34O8/c1-19(2)33(37)41-27-15-11-25(12-16-27)29-23(9)32(44-36(40)22(7)8)30(24(10)31(29)43-35(39)21(5)6)26-13-17-28(18-14-26)42-34(38)20(3)4/h11-18H,1,3,5,7H2,2,4,6,8-10H3. The summed E-state index contributed by atoms with van der Waals surface area (Å²) in [4.78, 5) is 49.7. The van der Waals surface area contributed by atoms with Crippen molar-refractivity contribution < 1.29 is 38.1 Å². The molecule has 0 aliphatic rings. The van der Waals surface area contributed by atoms with Crippen molar-refractivity contribution in [1.82, 2.24) is 0 Å². The van der Waals surface area contributed by atoms with Gasteiger partial charge in [-0.25, -0.2) is 19.2 Å². The summed E-state index contributed by atoms with van der Waals surface area (Å²) in [6.45, 7) is 24.2. The molecule has 0 bridgehead atoms. The first-order chi connectivity index (χ1) is 20.6. The number of rotatable bonds is 10. The van der Waals surface area contributed by atoms with E-state index >= 15 is 0 Å². The number of esters is 4. The van der Waals surface area contributed by atoms with Crippen molar-refractivity contribution >= 4 is 23.9 Å². The predicted octanol–water partition coefficient (Wildman–Crippen LogP) is 7.56. The molecule has 0 atom stereocenters. The number of carbonyl (C=O) groups is 4. The van der Waals surface area contributed by atoms with Gasteiger partial charge >= 0.3 is 23.9 Å². The second-order valence-electron chi connectivity index (χ2n) is 10.4. The minimum atomic E-state index is -0.652. The molecule has 3 rings (SSSR count). The van der Waals surface area contributed by atoms with Crippen LogP contribution in [0.5, 0.6) is 23.0 Å². The van der Waals surface area contributed by atoms with Gasteiger partial charge in [0.15, 0.2) is 0 Å². The number of hydrogen-bond acceptors (Lipinski definition) is 8. The van der Waals surface area contributed by atoms with Crippen LogP contribution in [0.25, 0.3) is 22.3 Å². The second kappa shape index (κ2) is 13.6. The van der Waals surface area contributed by atoms with Crippen molar-refractivity contribution in [2.45, 2.75) is 41.5 Å². The first-order valence-electron chi connectivity index (χ1n) is 13.5. The quantitative estimate of drug-likeness (QED) is 0.135. The van der Waals surface area contributed by atoms with E-state index in [1.807, 2.05) is 0 Å². The van der Waals surface area contributed by atoms with Crippen LogP contribution in [-0.4, -0.2) is 23.9 Å². The monoisotopic (exact) mass is 594 g/mol. The molecule has 0 aliphatic carbocycles. The molecule has 0 aliphatic heterocycles. The Morgan fingerprint density at radius 3 is 0.955 bits per heavy atom. The summed E-state index contributed by atoms with van der Waals surface area (Å²) in [6, 6.07) is 13.1. The lowest BCUT2D eigenvalue weighted by atomic mass is 9.89. The Bertz CT molecular complexity index is 1590. The van der Waals surface area contributed by atoms with Crippen molar-refractivity contribution in [2.75, 3.05) is 0 Å². The average Bonchev–Trinajstić information content (AvgIpc) is 2.96. The van der Waals surface area contributed by atoms with Gasteiger partial charge in [-0.2, -0.15) is 0 Å². The summed E-state index contributed by atoms with van der Waals surface area (Å²) in [5.74, 6) is -1.44. The van der Waals surface area contributed by atoms with Gasteiger partial charge in [-0.05, 0) is 76.9 Å². The topological polar surface area (TPSA) is 105 Å². The number of carbonyl (C=O) groups excluding carboxylic acids is 4. The molecular weight excluding hydrogens is 560 g/mol. The molecule has 0 amide bonds. The number of ether oxygens (including phenoxy) is 4. The maximum absolute atomic E-state index is 12.9. The zero-order valence-electron chi connectivity index (χ0n) is 25.7. The molecular formula is C36H34O8. The first-order valence-corrected chi connectivity index (χ1v) is 13.5. The largest absolute Gasteiger partial charge is 0.423 e. The van der Waals surface area contributed by atoms with Crippen LogP contribution in [0.3, 0.4) is 0 Å². The zero-order valence-corrected chi connectivity index (χ0v) is 25.7. The molecule has 0 saturated carbocycles. The van der Waals surface area contributed by atoms with Crippen molar-refractivity contribution in [3.05, 3.63) is 108 Å². The highest BCUT2D eigenvalue weighted by Gasteiger charge is 2.27. The molecule has 0 heterocycles. The Morgan fingerprint density at radius 1 is 0.455 bits per heavy atom. The third kappa shape index (κ3) is 7.46. The van der Waals surface area contributed by atoms with E-state index in [1.165, 1.54) is 13.8 Å². The fourth-order valence-electron chi connectivity index (χ4n) is 4.02. The first kappa shape index (κ1) is 33.0. The third-order valence-corrected chi connectivity index (χ3v) is 6.38. The van der Waals surface area contributed by atoms with Crippen molar-refractivity contribution in [2.24, 2.45) is 0 Å². The molecule has 0 aromatic heterocycles. The molecule has 0 saturated heterocycles. The van der Waals surface area contributed by atoms with E-state index < -0.39 is 23.9 Å². The SMILES string of the molecule is C=C(C)C(=O)Oc1ccc(-c2c(C)c(OC(=O)C(=C)C)c(-c3ccc(OC(=O)C(=C)C)cc3)c(C)c2OC(=O)C(=C)C)cc1. The van der Waals surface area contributed by atoms with Gasteiger partial charge in [0.2, 0.25) is 0 Å². The number of hydrogen-bond donors (Lipinski definition) is 0. The van der Waals surface area contributed by atoms with E-state index in [2.05, 4.69) is 26.3 Å². The van der Waals surface area contributed by atoms with E-state index in [4.69, 9.17) is 18.9 Å². The Morgan fingerprint density at radius 2 is 0.705 bits per heavy atom. The molecule has 0 unspecified atom stereocenters. The normalized spacial score (nSPS) is 10.3. The molecule has 3 aromatic carbocycles. The molecule has 0 spiro atoms. The predicted molar refractivity (Wildman–Crippen MR) is 169 cm³/mol. The summed E-state index contributed by atoms with van der Waals surface area (Å²) in [7, 11) is 0. The summed E-state index contributed by atoms with van der Waals surface area (Å²) in [6.07, 6.45) is 0. The van der Waals surface area contributed by atoms with E-state index in [9.17, 15) is 19.2 Å². The van der Waals surface area contributed by atoms with E-state index in [-0.39, 0.29) is 45.3 Å². The maximum Gasteiger partial charge on any atom is 0.338 e. The van der Waals surface area contributed by atoms with Crippen LogP contribution < -0.4 is 18.9 Å². The van der Waals surface area contributed by atoms with Gasteiger partial charge in [0.05, 0.1) is 0 Å². The molecule has 8 nitrogen and oxygen atoms in total. The van der Waals surface area contributed by atoms with Crippen LogP contribution in [-0.2, 0) is 19.2 Å². The van der Waals surface area contributed by atoms with Crippen molar-refractivity contribution in [1.29, 1.82) is 0 Å². The Kier molecular flexibility index (Phi) is 10.2. The lowest BCUT2D eigenvalue weighted by Gasteiger charge is -2.23. The van der Waals surface area contributed by atoms with Crippen molar-refractivity contribution in [3.8, 4) is 45.3 Å². The minimum absolute atomic E-state index is 0.179. The Balaban J connectivity index is 2.31. The van der Waals surface area contributed by atoms with Crippen LogP contribution in [0.4, 0.5) is 0 Å². The molecule has 44 heavy (non-hydrogen) atoms. The smallest absolute Gasteiger partial charge is 0.338 e. The van der Waals surface area contributed by atoms with Gasteiger partial charge in [0.1, 0.15) is 23.0 Å². The third-order valence-electron chi connectivity index (χ3n) is 6.38.